The first kappa shape index (κ1) is 32.9. The SMILES string of the molecule is CCCC(C)(C)SSCO[C@@H]1C[C@H](n2cnc3c(N)ncnc32)O[C@@H]1COP(=O)(O)OP(=O)(O)OP(C)(=O)O. The molecule has 5 N–H and O–H groups in total. The van der Waals surface area contributed by atoms with E-state index in [4.69, 9.17) is 24.6 Å². The molecule has 3 rings (SSSR count). The van der Waals surface area contributed by atoms with E-state index in [9.17, 15) is 23.5 Å². The molecule has 0 spiro atoms. The molecule has 21 heteroatoms. The van der Waals surface area contributed by atoms with Gasteiger partial charge in [0.05, 0.1) is 19.0 Å². The number of aromatic nitrogens is 4. The highest BCUT2D eigenvalue weighted by Crippen LogP contribution is 2.66. The van der Waals surface area contributed by atoms with E-state index in [0.29, 0.717) is 17.8 Å². The number of phosphoric ester groups is 1. The third-order valence-corrected chi connectivity index (χ3v) is 12.4. The Morgan fingerprint density at radius 2 is 1.90 bits per heavy atom. The fraction of sp³-hybridized carbons (Fsp3) is 0.722. The summed E-state index contributed by atoms with van der Waals surface area (Å²) >= 11 is 0. The minimum absolute atomic E-state index is 0.0353. The van der Waals surface area contributed by atoms with Crippen LogP contribution < -0.4 is 5.73 Å². The van der Waals surface area contributed by atoms with Crippen molar-refractivity contribution in [2.24, 2.45) is 0 Å². The Kier molecular flexibility index (Phi) is 11.1. The molecule has 0 aliphatic carbocycles. The second-order valence-electron chi connectivity index (χ2n) is 9.18. The molecule has 2 aromatic rings. The van der Waals surface area contributed by atoms with E-state index in [0.717, 1.165) is 12.8 Å². The van der Waals surface area contributed by atoms with Gasteiger partial charge in [-0.2, -0.15) is 4.31 Å². The average Bonchev–Trinajstić information content (AvgIpc) is 3.37. The summed E-state index contributed by atoms with van der Waals surface area (Å²) in [6, 6.07) is 0. The van der Waals surface area contributed by atoms with Crippen molar-refractivity contribution in [3.63, 3.8) is 0 Å². The van der Waals surface area contributed by atoms with Gasteiger partial charge in [-0.25, -0.2) is 28.4 Å². The first-order valence-electron chi connectivity index (χ1n) is 11.5. The number of imidazole rings is 1. The van der Waals surface area contributed by atoms with E-state index in [2.05, 4.69) is 44.3 Å². The summed E-state index contributed by atoms with van der Waals surface area (Å²) < 4.78 is 62.1. The van der Waals surface area contributed by atoms with Gasteiger partial charge in [-0.15, -0.1) is 0 Å². The lowest BCUT2D eigenvalue weighted by molar-refractivity contribution is -0.0522. The molecule has 2 aromatic heterocycles. The molecule has 1 saturated heterocycles. The Hall–Kier alpha value is -0.580. The lowest BCUT2D eigenvalue weighted by Crippen LogP contribution is -2.29. The van der Waals surface area contributed by atoms with Crippen molar-refractivity contribution >= 4 is 61.8 Å². The van der Waals surface area contributed by atoms with Gasteiger partial charge < -0.3 is 29.9 Å². The number of rotatable bonds is 15. The highest BCUT2D eigenvalue weighted by atomic mass is 33.1. The van der Waals surface area contributed by atoms with Crippen molar-refractivity contribution in [2.45, 2.75) is 63.2 Å². The largest absolute Gasteiger partial charge is 0.488 e. The van der Waals surface area contributed by atoms with Crippen LogP contribution in [0.3, 0.4) is 0 Å². The average molecular weight is 652 g/mol. The lowest BCUT2D eigenvalue weighted by Gasteiger charge is -2.24. The fourth-order valence-electron chi connectivity index (χ4n) is 3.75. The summed E-state index contributed by atoms with van der Waals surface area (Å²) in [7, 11) is -12.0. The zero-order valence-electron chi connectivity index (χ0n) is 21.6. The van der Waals surface area contributed by atoms with E-state index in [1.54, 1.807) is 15.4 Å². The number of nitrogens with two attached hydrogens (primary N) is 1. The number of fused-ring (bicyclic) bond motifs is 1. The fourth-order valence-corrected chi connectivity index (χ4v) is 9.64. The zero-order chi connectivity index (χ0) is 29.1. The second kappa shape index (κ2) is 13.2. The van der Waals surface area contributed by atoms with Crippen molar-refractivity contribution in [3.05, 3.63) is 12.7 Å². The molecule has 222 valence electrons. The molecule has 3 unspecified atom stereocenters. The molecular formula is C18H32N5O11P3S2. The Balaban J connectivity index is 1.70. The number of hydrogen-bond acceptors (Lipinski definition) is 14. The number of hydrogen-bond donors (Lipinski definition) is 4. The van der Waals surface area contributed by atoms with Crippen LogP contribution >= 0.6 is 44.8 Å². The molecule has 1 fully saturated rings. The summed E-state index contributed by atoms with van der Waals surface area (Å²) in [6.45, 7) is 6.38. The molecule has 16 nitrogen and oxygen atoms in total. The molecule has 1 aliphatic rings. The van der Waals surface area contributed by atoms with Gasteiger partial charge in [0.1, 0.15) is 30.1 Å². The molecule has 0 radical (unpaired) electrons. The summed E-state index contributed by atoms with van der Waals surface area (Å²) in [5.74, 6) is 0.450. The molecule has 3 heterocycles. The highest BCUT2D eigenvalue weighted by molar-refractivity contribution is 8.77. The number of phosphoric acid groups is 2. The number of anilines is 1. The van der Waals surface area contributed by atoms with Gasteiger partial charge in [0.15, 0.2) is 11.5 Å². The molecule has 0 amide bonds. The molecule has 1 aliphatic heterocycles. The van der Waals surface area contributed by atoms with Gasteiger partial charge in [0.25, 0.3) is 0 Å². The monoisotopic (exact) mass is 651 g/mol. The van der Waals surface area contributed by atoms with Crippen molar-refractivity contribution in [1.29, 1.82) is 0 Å². The van der Waals surface area contributed by atoms with E-state index in [1.165, 1.54) is 23.4 Å². The van der Waals surface area contributed by atoms with Gasteiger partial charge >= 0.3 is 23.2 Å². The molecule has 6 atom stereocenters. The van der Waals surface area contributed by atoms with Gasteiger partial charge in [-0.3, -0.25) is 13.7 Å². The summed E-state index contributed by atoms with van der Waals surface area (Å²) in [4.78, 5) is 40.9. The van der Waals surface area contributed by atoms with Crippen LogP contribution in [-0.2, 0) is 36.3 Å². The first-order valence-corrected chi connectivity index (χ1v) is 18.9. The first-order chi connectivity index (χ1) is 18.0. The minimum atomic E-state index is -5.41. The van der Waals surface area contributed by atoms with Gasteiger partial charge in [-0.1, -0.05) is 34.9 Å². The zero-order valence-corrected chi connectivity index (χ0v) is 25.9. The van der Waals surface area contributed by atoms with Crippen LogP contribution in [0.25, 0.3) is 11.2 Å². The van der Waals surface area contributed by atoms with Gasteiger partial charge in [-0.05, 0) is 20.3 Å². The smallest absolute Gasteiger partial charge is 0.382 e. The van der Waals surface area contributed by atoms with Crippen molar-refractivity contribution in [2.75, 3.05) is 24.9 Å². The highest BCUT2D eigenvalue weighted by Gasteiger charge is 2.43. The van der Waals surface area contributed by atoms with E-state index < -0.39 is 48.3 Å². The van der Waals surface area contributed by atoms with Crippen molar-refractivity contribution < 1.29 is 51.0 Å². The third kappa shape index (κ3) is 10.0. The van der Waals surface area contributed by atoms with Crippen LogP contribution in [0.4, 0.5) is 5.82 Å². The molecular weight excluding hydrogens is 619 g/mol. The van der Waals surface area contributed by atoms with E-state index >= 15 is 0 Å². The minimum Gasteiger partial charge on any atom is -0.382 e. The molecule has 0 bridgehead atoms. The Morgan fingerprint density at radius 3 is 2.56 bits per heavy atom. The topological polar surface area (TPSA) is 228 Å². The second-order valence-corrected chi connectivity index (χ2v) is 17.2. The maximum absolute atomic E-state index is 12.3. The van der Waals surface area contributed by atoms with E-state index in [-0.39, 0.29) is 22.9 Å². The molecule has 0 aromatic carbocycles. The van der Waals surface area contributed by atoms with Crippen LogP contribution in [0.2, 0.25) is 0 Å². The van der Waals surface area contributed by atoms with Crippen LogP contribution in [0.15, 0.2) is 12.7 Å². The number of ether oxygens (including phenoxy) is 2. The summed E-state index contributed by atoms with van der Waals surface area (Å²) in [6.07, 6.45) is 2.83. The van der Waals surface area contributed by atoms with Crippen LogP contribution in [-0.4, -0.2) is 70.4 Å². The molecule has 0 saturated carbocycles. The Labute approximate surface area is 232 Å². The van der Waals surface area contributed by atoms with Crippen LogP contribution in [0.5, 0.6) is 0 Å². The maximum Gasteiger partial charge on any atom is 0.488 e. The van der Waals surface area contributed by atoms with Crippen LogP contribution in [0.1, 0.15) is 46.3 Å². The quantitative estimate of drug-likeness (QED) is 0.0920. The Bertz CT molecular complexity index is 1280. The Morgan fingerprint density at radius 1 is 1.18 bits per heavy atom. The summed E-state index contributed by atoms with van der Waals surface area (Å²) in [5.41, 5.74) is 6.64. The van der Waals surface area contributed by atoms with Gasteiger partial charge in [0.2, 0.25) is 0 Å². The number of nitrogen functional groups attached to an aromatic ring is 1. The summed E-state index contributed by atoms with van der Waals surface area (Å²) in [5, 5.41) is 0. The maximum atomic E-state index is 12.3. The van der Waals surface area contributed by atoms with Crippen molar-refractivity contribution in [3.8, 4) is 0 Å². The van der Waals surface area contributed by atoms with E-state index in [1.807, 2.05) is 0 Å². The number of nitrogens with zero attached hydrogens (tertiary/aromatic N) is 4. The van der Waals surface area contributed by atoms with Crippen molar-refractivity contribution in [1.82, 2.24) is 19.5 Å². The lowest BCUT2D eigenvalue weighted by atomic mass is 10.1. The predicted octanol–water partition coefficient (Wildman–Crippen LogP) is 4.06. The third-order valence-electron chi connectivity index (χ3n) is 5.21. The normalized spacial score (nSPS) is 24.8. The predicted molar refractivity (Wildman–Crippen MR) is 146 cm³/mol. The molecule has 39 heavy (non-hydrogen) atoms. The van der Waals surface area contributed by atoms with Crippen LogP contribution in [0, 0.1) is 0 Å². The van der Waals surface area contributed by atoms with Gasteiger partial charge in [0, 0.05) is 17.8 Å². The standard InChI is InChI=1S/C18H32N5O11P3S2/c1-5-6-18(2,3)39-38-11-30-12-7-14(23-10-22-15-16(19)20-9-21-17(15)23)32-13(12)8-31-36(26,27)34-37(28,29)33-35(4,24)25/h9-10,12-14H,5-8,11H2,1-4H3,(H,24,25)(H,26,27)(H,28,29)(H2,19,20,21)/t12-,13-,14-/m1/s1.